The van der Waals surface area contributed by atoms with Crippen LogP contribution in [0.5, 0.6) is 0 Å². The number of aromatic nitrogens is 4. The summed E-state index contributed by atoms with van der Waals surface area (Å²) in [6.07, 6.45) is 0. The summed E-state index contributed by atoms with van der Waals surface area (Å²) in [5.41, 5.74) is 3.95. The quantitative estimate of drug-likeness (QED) is 0.637. The molecule has 0 N–H and O–H groups in total. The zero-order chi connectivity index (χ0) is 11.8. The number of hydrogen-bond acceptors (Lipinski definition) is 3. The van der Waals surface area contributed by atoms with Crippen LogP contribution in [0.2, 0.25) is 0 Å². The molecule has 4 nitrogen and oxygen atoms in total. The Bertz CT molecular complexity index is 670. The lowest BCUT2D eigenvalue weighted by atomic mass is 10.1. The van der Waals surface area contributed by atoms with Gasteiger partial charge < -0.3 is 0 Å². The van der Waals surface area contributed by atoms with Gasteiger partial charge in [0.25, 0.3) is 0 Å². The van der Waals surface area contributed by atoms with Crippen molar-refractivity contribution in [3.63, 3.8) is 0 Å². The average Bonchev–Trinajstić information content (AvgIpc) is 2.73. The van der Waals surface area contributed by atoms with Gasteiger partial charge in [-0.05, 0) is 25.5 Å². The Morgan fingerprint density at radius 1 is 1.00 bits per heavy atom. The van der Waals surface area contributed by atoms with Crippen molar-refractivity contribution in [2.75, 3.05) is 0 Å². The first-order valence-electron chi connectivity index (χ1n) is 5.51. The fraction of sp³-hybridized carbons (Fsp3) is 0.154. The topological polar surface area (TPSA) is 43.1 Å². The van der Waals surface area contributed by atoms with Crippen LogP contribution in [0.25, 0.3) is 16.9 Å². The molecule has 4 heteroatoms. The number of hydrogen-bond donors (Lipinski definition) is 0. The highest BCUT2D eigenvalue weighted by Crippen LogP contribution is 2.19. The molecule has 3 aromatic rings. The standard InChI is InChI=1S/C13H12N4/c1-9-8-12(11-6-4-3-5-7-11)16-17-10(2)14-15-13(9)17/h3-8H,1-2H3. The van der Waals surface area contributed by atoms with Crippen LogP contribution in [-0.4, -0.2) is 19.8 Å². The van der Waals surface area contributed by atoms with Crippen LogP contribution in [-0.2, 0) is 0 Å². The summed E-state index contributed by atoms with van der Waals surface area (Å²) in [4.78, 5) is 0. The third-order valence-electron chi connectivity index (χ3n) is 2.78. The van der Waals surface area contributed by atoms with Crippen molar-refractivity contribution in [3.8, 4) is 11.3 Å². The number of nitrogens with zero attached hydrogens (tertiary/aromatic N) is 4. The molecule has 0 radical (unpaired) electrons. The van der Waals surface area contributed by atoms with Gasteiger partial charge in [-0.25, -0.2) is 0 Å². The summed E-state index contributed by atoms with van der Waals surface area (Å²) >= 11 is 0. The second-order valence-corrected chi connectivity index (χ2v) is 4.06. The molecule has 0 aliphatic heterocycles. The van der Waals surface area contributed by atoms with Gasteiger partial charge in [0.2, 0.25) is 0 Å². The molecule has 0 unspecified atom stereocenters. The van der Waals surface area contributed by atoms with Crippen molar-refractivity contribution in [2.45, 2.75) is 13.8 Å². The normalized spacial score (nSPS) is 10.9. The molecule has 17 heavy (non-hydrogen) atoms. The summed E-state index contributed by atoms with van der Waals surface area (Å²) in [5.74, 6) is 0.806. The highest BCUT2D eigenvalue weighted by Gasteiger charge is 2.08. The van der Waals surface area contributed by atoms with Crippen molar-refractivity contribution in [2.24, 2.45) is 0 Å². The Morgan fingerprint density at radius 3 is 2.53 bits per heavy atom. The van der Waals surface area contributed by atoms with Gasteiger partial charge in [0.15, 0.2) is 11.5 Å². The third-order valence-corrected chi connectivity index (χ3v) is 2.78. The van der Waals surface area contributed by atoms with E-state index in [2.05, 4.69) is 15.3 Å². The molecule has 3 rings (SSSR count). The van der Waals surface area contributed by atoms with Crippen LogP contribution < -0.4 is 0 Å². The molecule has 0 saturated carbocycles. The van der Waals surface area contributed by atoms with Crippen molar-refractivity contribution in [3.05, 3.63) is 47.8 Å². The maximum atomic E-state index is 4.56. The lowest BCUT2D eigenvalue weighted by molar-refractivity contribution is 0.876. The van der Waals surface area contributed by atoms with Gasteiger partial charge in [0, 0.05) is 5.56 Å². The molecule has 0 saturated heterocycles. The molecular formula is C13H12N4. The summed E-state index contributed by atoms with van der Waals surface area (Å²) in [6.45, 7) is 3.93. The van der Waals surface area contributed by atoms with Crippen molar-refractivity contribution in [1.82, 2.24) is 19.8 Å². The van der Waals surface area contributed by atoms with E-state index in [1.165, 1.54) is 0 Å². The van der Waals surface area contributed by atoms with Crippen LogP contribution in [0.15, 0.2) is 36.4 Å². The fourth-order valence-corrected chi connectivity index (χ4v) is 1.88. The Kier molecular flexibility index (Phi) is 2.14. The molecule has 0 spiro atoms. The smallest absolute Gasteiger partial charge is 0.180 e. The molecule has 0 atom stereocenters. The molecule has 1 aromatic carbocycles. The maximum Gasteiger partial charge on any atom is 0.180 e. The Morgan fingerprint density at radius 2 is 1.76 bits per heavy atom. The van der Waals surface area contributed by atoms with Crippen LogP contribution in [0, 0.1) is 13.8 Å². The predicted octanol–water partition coefficient (Wildman–Crippen LogP) is 2.41. The Hall–Kier alpha value is -2.23. The summed E-state index contributed by atoms with van der Waals surface area (Å²) in [6, 6.07) is 12.2. The van der Waals surface area contributed by atoms with E-state index < -0.39 is 0 Å². The predicted molar refractivity (Wildman–Crippen MR) is 65.7 cm³/mol. The number of fused-ring (bicyclic) bond motifs is 1. The molecule has 0 aliphatic rings. The Balaban J connectivity index is 2.28. The first-order valence-corrected chi connectivity index (χ1v) is 5.51. The minimum absolute atomic E-state index is 0.806. The molecule has 2 aromatic heterocycles. The number of benzene rings is 1. The van der Waals surface area contributed by atoms with Crippen molar-refractivity contribution in [1.29, 1.82) is 0 Å². The molecule has 0 amide bonds. The van der Waals surface area contributed by atoms with Gasteiger partial charge in [0.1, 0.15) is 0 Å². The molecule has 2 heterocycles. The number of rotatable bonds is 1. The van der Waals surface area contributed by atoms with E-state index in [1.54, 1.807) is 4.52 Å². The minimum atomic E-state index is 0.806. The highest BCUT2D eigenvalue weighted by atomic mass is 15.4. The monoisotopic (exact) mass is 224 g/mol. The molecular weight excluding hydrogens is 212 g/mol. The SMILES string of the molecule is Cc1cc(-c2ccccc2)nn2c(C)nnc12. The van der Waals surface area contributed by atoms with Crippen LogP contribution in [0.3, 0.4) is 0 Å². The lowest BCUT2D eigenvalue weighted by Gasteiger charge is -2.04. The van der Waals surface area contributed by atoms with Crippen LogP contribution >= 0.6 is 0 Å². The third kappa shape index (κ3) is 1.58. The first-order chi connectivity index (χ1) is 8.25. The zero-order valence-electron chi connectivity index (χ0n) is 9.75. The lowest BCUT2D eigenvalue weighted by Crippen LogP contribution is -1.98. The van der Waals surface area contributed by atoms with E-state index in [1.807, 2.05) is 50.2 Å². The first kappa shape index (κ1) is 9.96. The Labute approximate surface area is 98.9 Å². The van der Waals surface area contributed by atoms with Gasteiger partial charge in [-0.3, -0.25) is 0 Å². The molecule has 0 bridgehead atoms. The highest BCUT2D eigenvalue weighted by molar-refractivity contribution is 5.62. The van der Waals surface area contributed by atoms with Gasteiger partial charge in [0.05, 0.1) is 5.69 Å². The van der Waals surface area contributed by atoms with E-state index >= 15 is 0 Å². The minimum Gasteiger partial charge on any atom is -0.197 e. The summed E-state index contributed by atoms with van der Waals surface area (Å²) in [5, 5.41) is 12.7. The fourth-order valence-electron chi connectivity index (χ4n) is 1.88. The van der Waals surface area contributed by atoms with Crippen LogP contribution in [0.4, 0.5) is 0 Å². The molecule has 0 aliphatic carbocycles. The van der Waals surface area contributed by atoms with Gasteiger partial charge in [-0.2, -0.15) is 9.61 Å². The van der Waals surface area contributed by atoms with E-state index in [9.17, 15) is 0 Å². The van der Waals surface area contributed by atoms with Gasteiger partial charge in [-0.15, -0.1) is 10.2 Å². The molecule has 0 fully saturated rings. The van der Waals surface area contributed by atoms with Crippen molar-refractivity contribution >= 4 is 5.65 Å². The second kappa shape index (κ2) is 3.66. The maximum absolute atomic E-state index is 4.56. The average molecular weight is 224 g/mol. The van der Waals surface area contributed by atoms with E-state index in [0.29, 0.717) is 0 Å². The van der Waals surface area contributed by atoms with E-state index in [0.717, 1.165) is 28.3 Å². The number of aryl methyl sites for hydroxylation is 2. The van der Waals surface area contributed by atoms with E-state index in [4.69, 9.17) is 0 Å². The zero-order valence-corrected chi connectivity index (χ0v) is 9.75. The van der Waals surface area contributed by atoms with Gasteiger partial charge >= 0.3 is 0 Å². The van der Waals surface area contributed by atoms with Crippen molar-refractivity contribution < 1.29 is 0 Å². The largest absolute Gasteiger partial charge is 0.197 e. The van der Waals surface area contributed by atoms with Gasteiger partial charge in [-0.1, -0.05) is 30.3 Å². The summed E-state index contributed by atoms with van der Waals surface area (Å²) < 4.78 is 1.79. The van der Waals surface area contributed by atoms with Crippen LogP contribution in [0.1, 0.15) is 11.4 Å². The van der Waals surface area contributed by atoms with E-state index in [-0.39, 0.29) is 0 Å². The summed E-state index contributed by atoms with van der Waals surface area (Å²) in [7, 11) is 0. The second-order valence-electron chi connectivity index (χ2n) is 4.06. The molecule has 84 valence electrons.